The lowest BCUT2D eigenvalue weighted by molar-refractivity contribution is -0.149. The highest BCUT2D eigenvalue weighted by atomic mass is 32.2. The number of nitrogens with zero attached hydrogens (tertiary/aromatic N) is 3. The predicted molar refractivity (Wildman–Crippen MR) is 179 cm³/mol. The molecule has 4 aromatic rings. The Morgan fingerprint density at radius 3 is 2.42 bits per heavy atom. The zero-order valence-electron chi connectivity index (χ0n) is 27.7. The van der Waals surface area contributed by atoms with Crippen molar-refractivity contribution in [3.05, 3.63) is 83.4 Å². The molecule has 1 aromatic heterocycles. The first-order chi connectivity index (χ1) is 22.8. The molecule has 1 unspecified atom stereocenters. The lowest BCUT2D eigenvalue weighted by atomic mass is 9.67. The smallest absolute Gasteiger partial charge is 0.416 e. The molecule has 1 N–H and O–H groups in total. The summed E-state index contributed by atoms with van der Waals surface area (Å²) in [5.41, 5.74) is 3.09. The fourth-order valence-electron chi connectivity index (χ4n) is 6.08. The third kappa shape index (κ3) is 8.67. The SMILES string of the molecule is COC[C@@H]1CC(C(=O)OC)[C@H](c2ccc(N(C)Sc3ccc4c(c3)nc(C)n4C)cc2)C[C@@H]1C.O=CNc1ccc(C(F)(F)F)cc1F. The first kappa shape index (κ1) is 36.7. The zero-order valence-corrected chi connectivity index (χ0v) is 28.5. The van der Waals surface area contributed by atoms with Crippen LogP contribution in [0.2, 0.25) is 0 Å². The van der Waals surface area contributed by atoms with Gasteiger partial charge in [0.2, 0.25) is 6.41 Å². The molecule has 0 spiro atoms. The summed E-state index contributed by atoms with van der Waals surface area (Å²) in [6.45, 7) is 4.98. The third-order valence-electron chi connectivity index (χ3n) is 8.87. The fraction of sp³-hybridized carbons (Fsp3) is 0.400. The number of hydrogen-bond acceptors (Lipinski definition) is 7. The van der Waals surface area contributed by atoms with E-state index in [-0.39, 0.29) is 29.9 Å². The summed E-state index contributed by atoms with van der Waals surface area (Å²) < 4.78 is 63.8. The number of halogens is 4. The second-order valence-corrected chi connectivity index (χ2v) is 13.1. The average molecular weight is 689 g/mol. The van der Waals surface area contributed by atoms with Gasteiger partial charge in [0.1, 0.15) is 11.6 Å². The molecule has 4 atom stereocenters. The van der Waals surface area contributed by atoms with Gasteiger partial charge in [-0.25, -0.2) is 9.37 Å². The van der Waals surface area contributed by atoms with E-state index in [4.69, 9.17) is 9.47 Å². The highest BCUT2D eigenvalue weighted by Crippen LogP contribution is 2.44. The molecule has 0 aliphatic heterocycles. The highest BCUT2D eigenvalue weighted by molar-refractivity contribution is 8.00. The van der Waals surface area contributed by atoms with E-state index in [2.05, 4.69) is 70.3 Å². The van der Waals surface area contributed by atoms with Crippen molar-refractivity contribution in [1.29, 1.82) is 0 Å². The Morgan fingerprint density at radius 1 is 1.10 bits per heavy atom. The van der Waals surface area contributed by atoms with Crippen molar-refractivity contribution in [2.75, 3.05) is 37.5 Å². The quantitative estimate of drug-likeness (QED) is 0.0826. The summed E-state index contributed by atoms with van der Waals surface area (Å²) in [6, 6.07) is 16.9. The summed E-state index contributed by atoms with van der Waals surface area (Å²) in [4.78, 5) is 28.3. The molecule has 13 heteroatoms. The maximum Gasteiger partial charge on any atom is 0.416 e. The molecule has 1 aliphatic carbocycles. The van der Waals surface area contributed by atoms with Crippen LogP contribution in [0.4, 0.5) is 28.9 Å². The first-order valence-electron chi connectivity index (χ1n) is 15.4. The predicted octanol–water partition coefficient (Wildman–Crippen LogP) is 8.00. The number of rotatable bonds is 9. The number of aryl methyl sites for hydroxylation is 2. The summed E-state index contributed by atoms with van der Waals surface area (Å²) >= 11 is 1.68. The van der Waals surface area contributed by atoms with E-state index >= 15 is 0 Å². The number of carbonyl (C=O) groups is 2. The van der Waals surface area contributed by atoms with E-state index in [1.165, 1.54) is 12.7 Å². The molecule has 0 saturated heterocycles. The number of carbonyl (C=O) groups excluding carboxylic acids is 2. The van der Waals surface area contributed by atoms with Crippen LogP contribution in [0.25, 0.3) is 11.0 Å². The van der Waals surface area contributed by atoms with Crippen molar-refractivity contribution >= 4 is 46.7 Å². The van der Waals surface area contributed by atoms with Gasteiger partial charge >= 0.3 is 12.1 Å². The third-order valence-corrected chi connectivity index (χ3v) is 9.82. The van der Waals surface area contributed by atoms with Crippen LogP contribution < -0.4 is 9.62 Å². The van der Waals surface area contributed by atoms with Crippen molar-refractivity contribution in [2.24, 2.45) is 24.8 Å². The number of aromatic nitrogens is 2. The Hall–Kier alpha value is -4.10. The molecule has 0 bridgehead atoms. The van der Waals surface area contributed by atoms with Gasteiger partial charge in [-0.1, -0.05) is 19.1 Å². The molecule has 3 aromatic carbocycles. The Balaban J connectivity index is 0.000000312. The van der Waals surface area contributed by atoms with E-state index in [9.17, 15) is 27.2 Å². The molecule has 1 aliphatic rings. The van der Waals surface area contributed by atoms with Crippen LogP contribution >= 0.6 is 11.9 Å². The van der Waals surface area contributed by atoms with Crippen LogP contribution in [0.3, 0.4) is 0 Å². The van der Waals surface area contributed by atoms with Gasteiger partial charge in [-0.05, 0) is 104 Å². The number of imidazole rings is 1. The van der Waals surface area contributed by atoms with Crippen molar-refractivity contribution < 1.29 is 36.6 Å². The number of hydrogen-bond donors (Lipinski definition) is 1. The number of methoxy groups -OCH3 is 2. The number of fused-ring (bicyclic) bond motifs is 1. The molecule has 5 rings (SSSR count). The van der Waals surface area contributed by atoms with Crippen molar-refractivity contribution in [2.45, 2.75) is 43.7 Å². The Labute approximate surface area is 281 Å². The minimum absolute atomic E-state index is 0.116. The second-order valence-electron chi connectivity index (χ2n) is 11.9. The molecule has 48 heavy (non-hydrogen) atoms. The Kier molecular flexibility index (Phi) is 12.1. The summed E-state index contributed by atoms with van der Waals surface area (Å²) in [7, 11) is 7.33. The second kappa shape index (κ2) is 15.9. The van der Waals surface area contributed by atoms with Gasteiger partial charge in [0.15, 0.2) is 0 Å². The van der Waals surface area contributed by atoms with Gasteiger partial charge in [-0.2, -0.15) is 13.2 Å². The normalized spacial score (nSPS) is 19.3. The average Bonchev–Trinajstić information content (AvgIpc) is 3.34. The molecule has 258 valence electrons. The lowest BCUT2D eigenvalue weighted by Gasteiger charge is -2.39. The number of amides is 1. The van der Waals surface area contributed by atoms with Gasteiger partial charge in [-0.15, -0.1) is 0 Å². The monoisotopic (exact) mass is 688 g/mol. The van der Waals surface area contributed by atoms with Gasteiger partial charge in [-0.3, -0.25) is 9.59 Å². The number of anilines is 2. The number of benzene rings is 3. The maximum absolute atomic E-state index is 12.8. The Bertz CT molecular complexity index is 1710. The summed E-state index contributed by atoms with van der Waals surface area (Å²) in [6.07, 6.45) is -2.63. The molecule has 1 saturated carbocycles. The standard InChI is InChI=1S/C27H35N3O3S.C8H5F4NO/c1-17-13-23(24(27(31)33-6)14-20(17)16-32-5)19-7-9-21(10-8-19)30(4)34-22-11-12-26-25(15-22)28-18(2)29(26)3;9-6-3-5(8(10,11)12)1-2-7(6)13-4-14/h7-12,15,17,20,23-24H,13-14,16H2,1-6H3;1-4H,(H,13,14)/t17-,20-,23-,24?;/m0./s1. The molecular weight excluding hydrogens is 648 g/mol. The largest absolute Gasteiger partial charge is 0.469 e. The number of alkyl halides is 3. The molecular formula is C35H40F4N4O4S. The van der Waals surface area contributed by atoms with Crippen LogP contribution in [-0.2, 0) is 32.3 Å². The van der Waals surface area contributed by atoms with Gasteiger partial charge < -0.3 is 23.7 Å². The van der Waals surface area contributed by atoms with E-state index in [1.807, 2.05) is 19.3 Å². The van der Waals surface area contributed by atoms with Crippen molar-refractivity contribution in [3.63, 3.8) is 0 Å². The molecule has 8 nitrogen and oxygen atoms in total. The number of ether oxygens (including phenoxy) is 2. The van der Waals surface area contributed by atoms with Gasteiger partial charge in [0, 0.05) is 38.4 Å². The zero-order chi connectivity index (χ0) is 35.2. The summed E-state index contributed by atoms with van der Waals surface area (Å²) in [5, 5.41) is 1.93. The highest BCUT2D eigenvalue weighted by Gasteiger charge is 2.40. The van der Waals surface area contributed by atoms with Crippen molar-refractivity contribution in [1.82, 2.24) is 9.55 Å². The van der Waals surface area contributed by atoms with E-state index in [0.29, 0.717) is 30.6 Å². The molecule has 1 heterocycles. The summed E-state index contributed by atoms with van der Waals surface area (Å²) in [5.74, 6) is 0.685. The van der Waals surface area contributed by atoms with Crippen LogP contribution in [0, 0.1) is 30.5 Å². The topological polar surface area (TPSA) is 85.7 Å². The van der Waals surface area contributed by atoms with E-state index < -0.39 is 17.6 Å². The number of nitrogens with one attached hydrogen (secondary N) is 1. The minimum atomic E-state index is -4.58. The number of esters is 1. The van der Waals surface area contributed by atoms with Crippen LogP contribution in [0.1, 0.15) is 42.6 Å². The lowest BCUT2D eigenvalue weighted by Crippen LogP contribution is -2.36. The van der Waals surface area contributed by atoms with E-state index in [0.717, 1.165) is 46.3 Å². The van der Waals surface area contributed by atoms with Crippen LogP contribution in [0.15, 0.2) is 65.6 Å². The molecule has 1 fully saturated rings. The fourth-order valence-corrected chi connectivity index (χ4v) is 6.91. The van der Waals surface area contributed by atoms with Crippen molar-refractivity contribution in [3.8, 4) is 0 Å². The van der Waals surface area contributed by atoms with E-state index in [1.54, 1.807) is 19.1 Å². The maximum atomic E-state index is 12.8. The van der Waals surface area contributed by atoms with Gasteiger partial charge in [0.05, 0.1) is 35.3 Å². The first-order valence-corrected chi connectivity index (χ1v) is 16.1. The Morgan fingerprint density at radius 2 is 1.81 bits per heavy atom. The van der Waals surface area contributed by atoms with Gasteiger partial charge in [0.25, 0.3) is 0 Å². The van der Waals surface area contributed by atoms with Crippen LogP contribution in [0.5, 0.6) is 0 Å². The molecule has 1 amide bonds. The molecule has 0 radical (unpaired) electrons. The minimum Gasteiger partial charge on any atom is -0.469 e. The van der Waals surface area contributed by atoms with Crippen LogP contribution in [-0.4, -0.2) is 49.8 Å².